The highest BCUT2D eigenvalue weighted by Gasteiger charge is 2.06. The maximum Gasteiger partial charge on any atom is 0.296 e. The first-order valence-electron chi connectivity index (χ1n) is 11.9. The zero-order valence-electron chi connectivity index (χ0n) is 19.2. The van der Waals surface area contributed by atoms with E-state index in [0.717, 1.165) is 24.8 Å². The number of benzene rings is 1. The Bertz CT molecular complexity index is 663. The maximum absolute atomic E-state index is 11.9. The lowest BCUT2D eigenvalue weighted by molar-refractivity contribution is -0.116. The van der Waals surface area contributed by atoms with Crippen molar-refractivity contribution in [2.24, 2.45) is 0 Å². The van der Waals surface area contributed by atoms with Crippen LogP contribution in [0.15, 0.2) is 54.6 Å². The molecule has 0 aliphatic heterocycles. The van der Waals surface area contributed by atoms with Gasteiger partial charge in [-0.25, -0.2) is 0 Å². The molecule has 1 aromatic carbocycles. The smallest absolute Gasteiger partial charge is 0.296 e. The van der Waals surface area contributed by atoms with Crippen LogP contribution in [0.2, 0.25) is 0 Å². The van der Waals surface area contributed by atoms with E-state index in [1.165, 1.54) is 57.8 Å². The third kappa shape index (κ3) is 14.7. The maximum atomic E-state index is 11.9. The van der Waals surface area contributed by atoms with Crippen LogP contribution in [-0.4, -0.2) is 5.91 Å². The van der Waals surface area contributed by atoms with Crippen LogP contribution in [-0.2, 0) is 4.79 Å². The molecule has 0 aliphatic carbocycles. The molecule has 30 heavy (non-hydrogen) atoms. The van der Waals surface area contributed by atoms with Crippen LogP contribution >= 0.6 is 0 Å². The molecule has 164 valence electrons. The zero-order chi connectivity index (χ0) is 21.7. The van der Waals surface area contributed by atoms with E-state index < -0.39 is 0 Å². The van der Waals surface area contributed by atoms with Crippen molar-refractivity contribution in [3.05, 3.63) is 60.2 Å². The predicted octanol–water partition coefficient (Wildman–Crippen LogP) is 7.68. The van der Waals surface area contributed by atoms with Gasteiger partial charge in [0.1, 0.15) is 0 Å². The van der Waals surface area contributed by atoms with E-state index in [2.05, 4.69) is 48.4 Å². The van der Waals surface area contributed by atoms with Crippen molar-refractivity contribution < 1.29 is 4.79 Å². The molecule has 0 spiro atoms. The third-order valence-corrected chi connectivity index (χ3v) is 5.10. The van der Waals surface area contributed by atoms with Gasteiger partial charge in [0.15, 0.2) is 0 Å². The first kappa shape index (κ1) is 25.8. The summed E-state index contributed by atoms with van der Waals surface area (Å²) < 4.78 is 0. The number of amides is 1. The van der Waals surface area contributed by atoms with Crippen LogP contribution in [0.5, 0.6) is 0 Å². The lowest BCUT2D eigenvalue weighted by Crippen LogP contribution is -2.24. The van der Waals surface area contributed by atoms with E-state index in [1.54, 1.807) is 0 Å². The van der Waals surface area contributed by atoms with Crippen LogP contribution in [0.4, 0.5) is 0 Å². The number of carbonyl (C=O) groups excluding carboxylic acids is 1. The van der Waals surface area contributed by atoms with Gasteiger partial charge in [-0.3, -0.25) is 4.79 Å². The Kier molecular flexibility index (Phi) is 16.1. The molecule has 1 unspecified atom stereocenters. The number of carbonyl (C=O) groups is 1. The summed E-state index contributed by atoms with van der Waals surface area (Å²) in [5.74, 6) is 5.54. The summed E-state index contributed by atoms with van der Waals surface area (Å²) in [5.41, 5.74) is 1.10. The van der Waals surface area contributed by atoms with Crippen LogP contribution in [0.3, 0.4) is 0 Å². The van der Waals surface area contributed by atoms with Crippen LogP contribution in [0.1, 0.15) is 103 Å². The number of rotatable bonds is 15. The van der Waals surface area contributed by atoms with E-state index in [1.807, 2.05) is 37.3 Å². The van der Waals surface area contributed by atoms with Crippen molar-refractivity contribution >= 4 is 5.91 Å². The van der Waals surface area contributed by atoms with E-state index >= 15 is 0 Å². The fourth-order valence-corrected chi connectivity index (χ4v) is 3.23. The van der Waals surface area contributed by atoms with Gasteiger partial charge in [0.2, 0.25) is 0 Å². The second kappa shape index (κ2) is 18.7. The molecule has 2 nitrogen and oxygen atoms in total. The second-order valence-corrected chi connectivity index (χ2v) is 7.89. The second-order valence-electron chi connectivity index (χ2n) is 7.89. The van der Waals surface area contributed by atoms with Gasteiger partial charge in [0.05, 0.1) is 6.04 Å². The topological polar surface area (TPSA) is 29.1 Å². The molecule has 0 aliphatic rings. The lowest BCUT2D eigenvalue weighted by atomic mass is 10.1. The lowest BCUT2D eigenvalue weighted by Gasteiger charge is -2.11. The summed E-state index contributed by atoms with van der Waals surface area (Å²) in [5, 5.41) is 2.93. The Morgan fingerprint density at radius 3 is 2.23 bits per heavy atom. The molecule has 1 atom stereocenters. The number of allylic oxidation sites excluding steroid dienone is 4. The Balaban J connectivity index is 1.95. The Morgan fingerprint density at radius 1 is 0.900 bits per heavy atom. The van der Waals surface area contributed by atoms with Crippen LogP contribution in [0.25, 0.3) is 0 Å². The summed E-state index contributed by atoms with van der Waals surface area (Å²) in [4.78, 5) is 11.9. The predicted molar refractivity (Wildman–Crippen MR) is 130 cm³/mol. The van der Waals surface area contributed by atoms with Crippen LogP contribution in [0, 0.1) is 11.8 Å². The summed E-state index contributed by atoms with van der Waals surface area (Å²) in [7, 11) is 0. The normalized spacial score (nSPS) is 12.1. The molecule has 1 amide bonds. The van der Waals surface area contributed by atoms with E-state index in [0.29, 0.717) is 0 Å². The van der Waals surface area contributed by atoms with Crippen molar-refractivity contribution in [2.75, 3.05) is 0 Å². The molecule has 2 heteroatoms. The van der Waals surface area contributed by atoms with Gasteiger partial charge in [0, 0.05) is 6.42 Å². The fourth-order valence-electron chi connectivity index (χ4n) is 3.23. The van der Waals surface area contributed by atoms with Crippen molar-refractivity contribution in [3.8, 4) is 11.8 Å². The molecule has 0 saturated carbocycles. The summed E-state index contributed by atoms with van der Waals surface area (Å²) in [6.07, 6.45) is 23.5. The standard InChI is InChI=1S/C28H41NO/c1-3-4-5-6-7-8-9-10-11-12-13-14-15-16-17-18-22-25-28(30)29-26(2)27-23-20-19-21-24-27/h7-8,10-11,19-21,23-24,26H,3-6,9,12-18H2,1-2H3,(H,29,30). The third-order valence-electron chi connectivity index (χ3n) is 5.10. The van der Waals surface area contributed by atoms with E-state index in [4.69, 9.17) is 0 Å². The minimum atomic E-state index is -0.186. The van der Waals surface area contributed by atoms with Gasteiger partial charge in [-0.2, -0.15) is 0 Å². The summed E-state index contributed by atoms with van der Waals surface area (Å²) in [6.45, 7) is 4.23. The van der Waals surface area contributed by atoms with Gasteiger partial charge in [-0.05, 0) is 56.9 Å². The molecule has 0 saturated heterocycles. The van der Waals surface area contributed by atoms with Gasteiger partial charge in [-0.15, -0.1) is 0 Å². The molecular formula is C28H41NO. The van der Waals surface area contributed by atoms with Gasteiger partial charge >= 0.3 is 0 Å². The quantitative estimate of drug-likeness (QED) is 0.180. The minimum absolute atomic E-state index is 0.0103. The molecule has 0 heterocycles. The van der Waals surface area contributed by atoms with Crippen molar-refractivity contribution in [1.29, 1.82) is 0 Å². The Hall–Kier alpha value is -2.27. The molecule has 1 aromatic rings. The largest absolute Gasteiger partial charge is 0.339 e. The first-order chi connectivity index (χ1) is 14.7. The Labute approximate surface area is 185 Å². The molecule has 0 radical (unpaired) electrons. The average molecular weight is 408 g/mol. The Morgan fingerprint density at radius 2 is 1.53 bits per heavy atom. The molecule has 0 fully saturated rings. The molecule has 0 aromatic heterocycles. The summed E-state index contributed by atoms with van der Waals surface area (Å²) in [6, 6.07) is 9.95. The van der Waals surface area contributed by atoms with Gasteiger partial charge < -0.3 is 5.32 Å². The average Bonchev–Trinajstić information content (AvgIpc) is 2.76. The molecular weight excluding hydrogens is 366 g/mol. The number of hydrogen-bond donors (Lipinski definition) is 1. The zero-order valence-corrected chi connectivity index (χ0v) is 19.2. The highest BCUT2D eigenvalue weighted by atomic mass is 16.1. The highest BCUT2D eigenvalue weighted by molar-refractivity contribution is 5.93. The number of nitrogens with one attached hydrogen (secondary N) is 1. The number of unbranched alkanes of at least 4 members (excludes halogenated alkanes) is 9. The molecule has 1 N–H and O–H groups in total. The van der Waals surface area contributed by atoms with Gasteiger partial charge in [-0.1, -0.05) is 99.6 Å². The SMILES string of the molecule is CCCCCC=CCC=CCCCCCCCC#CC(=O)NC(C)c1ccccc1. The highest BCUT2D eigenvalue weighted by Crippen LogP contribution is 2.11. The summed E-state index contributed by atoms with van der Waals surface area (Å²) >= 11 is 0. The molecule has 0 bridgehead atoms. The monoisotopic (exact) mass is 407 g/mol. The van der Waals surface area contributed by atoms with Crippen LogP contribution < -0.4 is 5.32 Å². The van der Waals surface area contributed by atoms with Crippen molar-refractivity contribution in [3.63, 3.8) is 0 Å². The minimum Gasteiger partial charge on any atom is -0.339 e. The first-order valence-corrected chi connectivity index (χ1v) is 11.9. The van der Waals surface area contributed by atoms with Crippen molar-refractivity contribution in [2.45, 2.75) is 96.9 Å². The fraction of sp³-hybridized carbons (Fsp3) is 0.536. The van der Waals surface area contributed by atoms with Gasteiger partial charge in [0.25, 0.3) is 5.91 Å². The van der Waals surface area contributed by atoms with Crippen molar-refractivity contribution in [1.82, 2.24) is 5.32 Å². The number of hydrogen-bond acceptors (Lipinski definition) is 1. The molecule has 1 rings (SSSR count). The van der Waals surface area contributed by atoms with E-state index in [9.17, 15) is 4.79 Å². The van der Waals surface area contributed by atoms with E-state index in [-0.39, 0.29) is 11.9 Å².